The highest BCUT2D eigenvalue weighted by molar-refractivity contribution is 9.11. The van der Waals surface area contributed by atoms with Crippen molar-refractivity contribution in [3.05, 3.63) is 171 Å². The third kappa shape index (κ3) is 31.7. The van der Waals surface area contributed by atoms with Gasteiger partial charge >= 0.3 is 20.6 Å². The number of halogens is 10. The van der Waals surface area contributed by atoms with Crippen LogP contribution in [0.5, 0.6) is 0 Å². The van der Waals surface area contributed by atoms with E-state index in [1.807, 2.05) is 27.4 Å². The highest BCUT2D eigenvalue weighted by atomic mass is 79.9. The number of benzene rings is 5. The molecule has 5 saturated heterocycles. The summed E-state index contributed by atoms with van der Waals surface area (Å²) in [6.07, 6.45) is -0.429. The fraction of sp³-hybridized carbons (Fsp3) is 0.400. The maximum Gasteiger partial charge on any atom is 0.338 e. The molecule has 0 aliphatic carbocycles. The van der Waals surface area contributed by atoms with Crippen molar-refractivity contribution in [2.24, 2.45) is 54.6 Å². The van der Waals surface area contributed by atoms with E-state index in [0.29, 0.717) is 120 Å². The molecule has 70 heteroatoms. The minimum atomic E-state index is -4.17. The summed E-state index contributed by atoms with van der Waals surface area (Å²) in [6, 6.07) is 20.1. The average molecular weight is 2460 g/mol. The van der Waals surface area contributed by atoms with E-state index in [4.69, 9.17) is 27.3 Å². The highest BCUT2D eigenvalue weighted by Crippen LogP contribution is 2.33. The van der Waals surface area contributed by atoms with Crippen LogP contribution in [0.15, 0.2) is 161 Å². The second-order valence-corrected chi connectivity index (χ2v) is 45.0. The van der Waals surface area contributed by atoms with Gasteiger partial charge in [0.2, 0.25) is 29.1 Å². The smallest absolute Gasteiger partial charge is 0.338 e. The van der Waals surface area contributed by atoms with E-state index in [0.717, 1.165) is 4.31 Å². The van der Waals surface area contributed by atoms with Crippen LogP contribution in [0.2, 0.25) is 0 Å². The quantitative estimate of drug-likeness (QED) is 0.00599. The molecule has 5 aliphatic heterocycles. The molecule has 5 fully saturated rings. The number of amidine groups is 5. The van der Waals surface area contributed by atoms with E-state index in [2.05, 4.69) is 197 Å². The van der Waals surface area contributed by atoms with Crippen LogP contribution in [0.3, 0.4) is 0 Å². The summed E-state index contributed by atoms with van der Waals surface area (Å²) in [6.45, 7) is 13.9. The maximum atomic E-state index is 13.4. The highest BCUT2D eigenvalue weighted by Gasteiger charge is 2.42. The van der Waals surface area contributed by atoms with Crippen molar-refractivity contribution >= 4 is 218 Å². The van der Waals surface area contributed by atoms with Gasteiger partial charge in [-0.25, -0.2) is 74.8 Å². The van der Waals surface area contributed by atoms with Gasteiger partial charge in [-0.05, 0) is 250 Å². The van der Waals surface area contributed by atoms with Gasteiger partial charge in [0, 0.05) is 154 Å². The standard InChI is InChI=1S/C16H21BrFN7O4S.C16H20BrFN6O5S.2C15H19BrFN7O4S.C13H14BrFN6O5S/c1-9(2)24-30(27,28)25-7-10(8-25)6-19-15-14(22-29-23-15)16(21-26)20-11-3-4-13(18)12(17)5-11;1-9(2)28-30(26,27)24-7-10(8-24)6-19-15-14(22-29-23-15)16(21-25)20-11-3-4-13(18)12(17)5-11;1-23(2)29(26,27)24-7-9(8-24)6-18-14-13(21-28-22-14)15(20-25)19-10-3-4-12(17)11(16)5-10;1-2-19-29(26,27)24-7-9(8-24)6-18-14-13(22-28-23-14)15(21-25)20-10-3-4-12(17)11(16)5-10;14-9-3-8(1-2-10(9)15)17-13(18-22)11-12(20-26-19-11)16-4-7-5-21(6-7)27(23,24)25/h3-5,9-10,24,26H,6-8H2,1-2H3,(H,19,23)(H,20,21);3-5,9-10,25H,6-8H2,1-2H3,(H,19,23)(H,20,21);3-5,9,25H,6-8H2,1-2H3,(H,18,22)(H,19,20);3-5,9,19,25H,2,6-8H2,1H3,(H,18,23)(H,20,21);1-3,7,22H,4-6H2,(H,16,20)(H,17,18)(H,23,24,25). The monoisotopic (exact) mass is 2460 g/mol. The molecule has 0 unspecified atom stereocenters. The first-order valence-electron chi connectivity index (χ1n) is 42.4. The van der Waals surface area contributed by atoms with Crippen LogP contribution in [0.1, 0.15) is 63.1 Å². The predicted octanol–water partition coefficient (Wildman–Crippen LogP) is 7.24. The normalized spacial score (nSPS) is 16.1. The SMILES string of the molecule is CC(C)NS(=O)(=O)N1CC(CNc2nonc2C(=Nc2ccc(F)c(Br)c2)NO)C1.CC(C)OS(=O)(=O)N1CC(CNc2nonc2C(=Nc2ccc(F)c(Br)c2)NO)C1.CCNS(=O)(=O)N1CC(CNc2nonc2C(=Nc2ccc(F)c(Br)c2)NO)C1.CN(C)S(=O)(=O)N1CC(CNc2nonc2C(=Nc2ccc(F)c(Br)c2)NO)C1.O=S(=O)(O)N1CC(CNc2nonc2C(=Nc2ccc(F)c(Br)c2)NO)C1. The summed E-state index contributed by atoms with van der Waals surface area (Å²) in [5, 5.41) is 99.3. The molecule has 0 atom stereocenters. The van der Waals surface area contributed by atoms with Crippen molar-refractivity contribution < 1.29 is 122 Å². The van der Waals surface area contributed by atoms with Crippen LogP contribution in [-0.2, 0) is 55.4 Å². The van der Waals surface area contributed by atoms with E-state index in [1.54, 1.807) is 34.6 Å². The molecule has 15 rings (SSSR count). The number of nitrogens with one attached hydrogen (secondary N) is 12. The van der Waals surface area contributed by atoms with Crippen LogP contribution in [0.4, 0.5) is 79.5 Å². The lowest BCUT2D eigenvalue weighted by molar-refractivity contribution is 0.154. The molecule has 5 aromatic carbocycles. The minimum absolute atomic E-state index is 0.0237. The third-order valence-corrected chi connectivity index (χ3v) is 31.2. The summed E-state index contributed by atoms with van der Waals surface area (Å²) in [7, 11) is -15.3. The molecule has 5 aliphatic rings. The maximum absolute atomic E-state index is 13.4. The summed E-state index contributed by atoms with van der Waals surface area (Å²) < 4.78 is 235. The lowest BCUT2D eigenvalue weighted by Gasteiger charge is -2.39. The van der Waals surface area contributed by atoms with Crippen molar-refractivity contribution in [3.63, 3.8) is 0 Å². The van der Waals surface area contributed by atoms with E-state index < -0.39 is 86.4 Å². The van der Waals surface area contributed by atoms with Gasteiger partial charge in [0.25, 0.3) is 30.6 Å². The largest absolute Gasteiger partial charge is 0.365 e. The minimum Gasteiger partial charge on any atom is -0.365 e. The molecule has 145 heavy (non-hydrogen) atoms. The number of hydroxylamine groups is 5. The van der Waals surface area contributed by atoms with Crippen molar-refractivity contribution in [2.45, 2.75) is 46.8 Å². The molecular weight excluding hydrogens is 2370 g/mol. The molecule has 790 valence electrons. The molecule has 0 spiro atoms. The van der Waals surface area contributed by atoms with Gasteiger partial charge in [0.05, 0.1) is 56.9 Å². The summed E-state index contributed by atoms with van der Waals surface area (Å²) in [5.74, 6) is -1.36. The second-order valence-electron chi connectivity index (χ2n) is 32.1. The molecule has 18 N–H and O–H groups in total. The first-order valence-corrected chi connectivity index (χ1v) is 53.4. The number of rotatable bonds is 37. The zero-order chi connectivity index (χ0) is 106. The molecule has 10 heterocycles. The topological polar surface area (TPSA) is 722 Å². The fourth-order valence-electron chi connectivity index (χ4n) is 13.0. The second kappa shape index (κ2) is 51.8. The van der Waals surface area contributed by atoms with Crippen molar-refractivity contribution in [3.8, 4) is 0 Å². The predicted molar refractivity (Wildman–Crippen MR) is 524 cm³/mol. The van der Waals surface area contributed by atoms with E-state index >= 15 is 0 Å². The summed E-state index contributed by atoms with van der Waals surface area (Å²) >= 11 is 15.3. The van der Waals surface area contributed by atoms with Gasteiger partial charge in [-0.15, -0.1) is 0 Å². The Kier molecular flexibility index (Phi) is 41.0. The zero-order valence-electron chi connectivity index (χ0n) is 76.4. The molecule has 55 nitrogen and oxygen atoms in total. The summed E-state index contributed by atoms with van der Waals surface area (Å²) in [5.41, 5.74) is 11.9. The van der Waals surface area contributed by atoms with Gasteiger partial charge in [-0.3, -0.25) is 62.2 Å². The van der Waals surface area contributed by atoms with Crippen LogP contribution < -0.4 is 63.4 Å². The Morgan fingerprint density at radius 1 is 0.386 bits per heavy atom. The number of anilines is 5. The average Bonchev–Trinajstić information content (AvgIpc) is 1.81. The van der Waals surface area contributed by atoms with Gasteiger partial charge in [-0.1, -0.05) is 6.92 Å². The molecular formula is C75H93Br5F5N33O22S5. The van der Waals surface area contributed by atoms with Crippen molar-refractivity contribution in [2.75, 3.05) is 145 Å². The Labute approximate surface area is 864 Å². The van der Waals surface area contributed by atoms with Gasteiger partial charge in [0.1, 0.15) is 29.1 Å². The number of hydrogen-bond donors (Lipinski definition) is 18. The molecule has 10 aromatic rings. The first kappa shape index (κ1) is 115. The molecule has 5 aromatic heterocycles. The Bertz CT molecular complexity index is 6720. The van der Waals surface area contributed by atoms with E-state index in [1.165, 1.54) is 127 Å². The molecule has 0 saturated carbocycles. The lowest BCUT2D eigenvalue weighted by Crippen LogP contribution is -2.56. The Morgan fingerprint density at radius 3 is 0.834 bits per heavy atom. The van der Waals surface area contributed by atoms with E-state index in [-0.39, 0.29) is 158 Å². The summed E-state index contributed by atoms with van der Waals surface area (Å²) in [4.78, 5) is 20.8. The van der Waals surface area contributed by atoms with Crippen LogP contribution >= 0.6 is 79.6 Å². The van der Waals surface area contributed by atoms with Crippen LogP contribution in [0.25, 0.3) is 0 Å². The van der Waals surface area contributed by atoms with Crippen molar-refractivity contribution in [1.29, 1.82) is 0 Å². The first-order chi connectivity index (χ1) is 68.7. The number of hydrogen-bond acceptors (Lipinski definition) is 41. The van der Waals surface area contributed by atoms with Crippen LogP contribution in [0, 0.1) is 58.7 Å². The number of aromatic nitrogens is 10. The Hall–Kier alpha value is -10.7. The lowest BCUT2D eigenvalue weighted by atomic mass is 10.0. The van der Waals surface area contributed by atoms with Gasteiger partial charge < -0.3 is 26.6 Å². The molecule has 0 amide bonds. The van der Waals surface area contributed by atoms with Gasteiger partial charge in [0.15, 0.2) is 57.6 Å². The number of nitrogens with zero attached hydrogens (tertiary/aromatic N) is 21. The van der Waals surface area contributed by atoms with E-state index in [9.17, 15) is 90.1 Å². The Morgan fingerprint density at radius 2 is 0.621 bits per heavy atom. The molecule has 0 radical (unpaired) electrons. The zero-order valence-corrected chi connectivity index (χ0v) is 88.5. The number of aliphatic imine (C=N–C) groups is 5. The van der Waals surface area contributed by atoms with Gasteiger partial charge in [-0.2, -0.15) is 72.6 Å². The Balaban J connectivity index is 0.000000173. The van der Waals surface area contributed by atoms with Crippen LogP contribution in [-0.4, -0.2) is 310 Å². The molecule has 0 bridgehead atoms. The van der Waals surface area contributed by atoms with Crippen molar-refractivity contribution in [1.82, 2.24) is 114 Å². The third-order valence-electron chi connectivity index (χ3n) is 20.4. The fourth-order valence-corrected chi connectivity index (χ4v) is 21.2.